The Morgan fingerprint density at radius 2 is 1.53 bits per heavy atom. The number of aromatic nitrogens is 1. The number of nitrogens with zero attached hydrogens (tertiary/aromatic N) is 2. The number of fused-ring (bicyclic) bond motifs is 1. The smallest absolute Gasteiger partial charge is 0.200 e. The van der Waals surface area contributed by atoms with E-state index in [1.165, 1.54) is 12.1 Å². The molecule has 0 aliphatic rings. The predicted molar refractivity (Wildman–Crippen MR) is 122 cm³/mol. The van der Waals surface area contributed by atoms with E-state index in [1.807, 2.05) is 65.5 Å². The maximum absolute atomic E-state index is 12.6. The molecule has 0 amide bonds. The van der Waals surface area contributed by atoms with Gasteiger partial charge in [-0.2, -0.15) is 22.9 Å². The zero-order valence-electron chi connectivity index (χ0n) is 15.9. The zero-order valence-corrected chi connectivity index (χ0v) is 18.3. The van der Waals surface area contributed by atoms with Crippen molar-refractivity contribution in [1.82, 2.24) is 4.83 Å². The van der Waals surface area contributed by atoms with Gasteiger partial charge in [-0.1, -0.05) is 64.5 Å². The van der Waals surface area contributed by atoms with Gasteiger partial charge in [-0.15, -0.1) is 0 Å². The molecule has 0 atom stereocenters. The second-order valence-electron chi connectivity index (χ2n) is 6.72. The number of rotatable bonds is 6. The number of halogens is 1. The van der Waals surface area contributed by atoms with E-state index in [2.05, 4.69) is 31.9 Å². The molecular weight excluding hydrogens is 462 g/mol. The third-order valence-electron chi connectivity index (χ3n) is 4.61. The summed E-state index contributed by atoms with van der Waals surface area (Å²) in [5.74, 6) is 0. The van der Waals surface area contributed by atoms with Crippen molar-refractivity contribution in [2.45, 2.75) is 11.4 Å². The standard InChI is InChI=1S/C23H19BrN3O2S/c24-21-12-10-19(11-13-21)23(25-26-30(28,29)22-8-2-1-3-9-22)17-27-15-14-18-6-4-5-7-20(18)16-27/h1-16,26H,17H2/q+1/b25-23-. The van der Waals surface area contributed by atoms with Crippen LogP contribution in [0.15, 0.2) is 112 Å². The van der Waals surface area contributed by atoms with E-state index in [-0.39, 0.29) is 4.90 Å². The molecule has 0 unspecified atom stereocenters. The Kier molecular flexibility index (Phi) is 5.92. The van der Waals surface area contributed by atoms with Crippen LogP contribution in [0, 0.1) is 0 Å². The SMILES string of the molecule is O=S(=O)(N/N=C(/C[n+]1ccc2ccccc2c1)c1ccc(Br)cc1)c1ccccc1. The minimum absolute atomic E-state index is 0.169. The lowest BCUT2D eigenvalue weighted by Crippen LogP contribution is -2.38. The summed E-state index contributed by atoms with van der Waals surface area (Å²) >= 11 is 3.43. The van der Waals surface area contributed by atoms with Gasteiger partial charge in [0, 0.05) is 21.5 Å². The summed E-state index contributed by atoms with van der Waals surface area (Å²) < 4.78 is 28.2. The normalized spacial score (nSPS) is 12.1. The maximum Gasteiger partial charge on any atom is 0.276 e. The van der Waals surface area contributed by atoms with Crippen LogP contribution < -0.4 is 9.40 Å². The van der Waals surface area contributed by atoms with Crippen LogP contribution in [0.4, 0.5) is 0 Å². The van der Waals surface area contributed by atoms with Gasteiger partial charge in [0.25, 0.3) is 10.0 Å². The first-order valence-electron chi connectivity index (χ1n) is 9.28. The van der Waals surface area contributed by atoms with Gasteiger partial charge in [-0.05, 0) is 35.7 Å². The Hall–Kier alpha value is -3.03. The first-order valence-corrected chi connectivity index (χ1v) is 11.6. The molecule has 1 aromatic heterocycles. The Balaban J connectivity index is 1.68. The highest BCUT2D eigenvalue weighted by molar-refractivity contribution is 9.10. The predicted octanol–water partition coefficient (Wildman–Crippen LogP) is 4.27. The number of hydrogen-bond donors (Lipinski definition) is 1. The fraction of sp³-hybridized carbons (Fsp3) is 0.0435. The number of hydrogen-bond acceptors (Lipinski definition) is 3. The highest BCUT2D eigenvalue weighted by Crippen LogP contribution is 2.13. The number of nitrogens with one attached hydrogen (secondary N) is 1. The molecule has 150 valence electrons. The van der Waals surface area contributed by atoms with Gasteiger partial charge < -0.3 is 0 Å². The molecule has 0 saturated heterocycles. The van der Waals surface area contributed by atoms with Crippen LogP contribution in [0.1, 0.15) is 5.56 Å². The van der Waals surface area contributed by atoms with Gasteiger partial charge in [-0.3, -0.25) is 0 Å². The fourth-order valence-electron chi connectivity index (χ4n) is 3.05. The Morgan fingerprint density at radius 1 is 0.867 bits per heavy atom. The van der Waals surface area contributed by atoms with Crippen LogP contribution in [0.3, 0.4) is 0 Å². The Bertz CT molecular complexity index is 1310. The van der Waals surface area contributed by atoms with Crippen molar-refractivity contribution in [3.63, 3.8) is 0 Å². The second-order valence-corrected chi connectivity index (χ2v) is 9.30. The van der Waals surface area contributed by atoms with E-state index < -0.39 is 10.0 Å². The monoisotopic (exact) mass is 480 g/mol. The van der Waals surface area contributed by atoms with Crippen molar-refractivity contribution in [2.24, 2.45) is 5.10 Å². The molecule has 0 bridgehead atoms. The summed E-state index contributed by atoms with van der Waals surface area (Å²) in [6.45, 7) is 0.407. The lowest BCUT2D eigenvalue weighted by atomic mass is 10.1. The average Bonchev–Trinajstić information content (AvgIpc) is 2.78. The van der Waals surface area contributed by atoms with Gasteiger partial charge >= 0.3 is 0 Å². The summed E-state index contributed by atoms with van der Waals surface area (Å²) in [5, 5.41) is 6.53. The van der Waals surface area contributed by atoms with Gasteiger partial charge in [0.1, 0.15) is 5.71 Å². The fourth-order valence-corrected chi connectivity index (χ4v) is 4.17. The van der Waals surface area contributed by atoms with Crippen molar-refractivity contribution in [1.29, 1.82) is 0 Å². The Labute approximate surface area is 183 Å². The summed E-state index contributed by atoms with van der Waals surface area (Å²) in [5.41, 5.74) is 1.43. The van der Waals surface area contributed by atoms with Crippen LogP contribution in [0.2, 0.25) is 0 Å². The molecule has 0 aliphatic carbocycles. The highest BCUT2D eigenvalue weighted by Gasteiger charge is 2.16. The third kappa shape index (κ3) is 4.75. The molecule has 5 nitrogen and oxygen atoms in total. The first kappa shape index (κ1) is 20.3. The second kappa shape index (κ2) is 8.77. The molecule has 0 aliphatic heterocycles. The van der Waals surface area contributed by atoms with Crippen LogP contribution in [-0.2, 0) is 16.6 Å². The molecule has 0 saturated carbocycles. The molecule has 1 N–H and O–H groups in total. The van der Waals surface area contributed by atoms with Crippen LogP contribution in [-0.4, -0.2) is 14.1 Å². The van der Waals surface area contributed by atoms with Gasteiger partial charge in [0.05, 0.1) is 4.90 Å². The van der Waals surface area contributed by atoms with Gasteiger partial charge in [0.2, 0.25) is 0 Å². The van der Waals surface area contributed by atoms with Crippen molar-refractivity contribution in [2.75, 3.05) is 0 Å². The van der Waals surface area contributed by atoms with Gasteiger partial charge in [0.15, 0.2) is 18.9 Å². The molecular formula is C23H19BrN3O2S+. The lowest BCUT2D eigenvalue weighted by Gasteiger charge is -2.08. The largest absolute Gasteiger partial charge is 0.276 e. The lowest BCUT2D eigenvalue weighted by molar-refractivity contribution is -0.680. The summed E-state index contributed by atoms with van der Waals surface area (Å²) in [6, 6.07) is 25.9. The topological polar surface area (TPSA) is 62.4 Å². The summed E-state index contributed by atoms with van der Waals surface area (Å²) in [7, 11) is -3.75. The van der Waals surface area contributed by atoms with E-state index in [0.29, 0.717) is 12.3 Å². The zero-order chi connectivity index (χ0) is 21.0. The van der Waals surface area contributed by atoms with Crippen LogP contribution >= 0.6 is 15.9 Å². The van der Waals surface area contributed by atoms with Crippen molar-refractivity contribution in [3.05, 3.63) is 107 Å². The molecule has 0 fully saturated rings. The maximum atomic E-state index is 12.6. The van der Waals surface area contributed by atoms with E-state index in [4.69, 9.17) is 0 Å². The molecule has 4 rings (SSSR count). The molecule has 1 heterocycles. The number of sulfonamides is 1. The van der Waals surface area contributed by atoms with Crippen LogP contribution in [0.5, 0.6) is 0 Å². The first-order chi connectivity index (χ1) is 14.5. The van der Waals surface area contributed by atoms with E-state index in [1.54, 1.807) is 18.2 Å². The molecule has 30 heavy (non-hydrogen) atoms. The quantitative estimate of drug-likeness (QED) is 0.254. The molecule has 0 spiro atoms. The molecule has 4 aromatic rings. The van der Waals surface area contributed by atoms with E-state index in [0.717, 1.165) is 20.8 Å². The van der Waals surface area contributed by atoms with Crippen LogP contribution in [0.25, 0.3) is 10.8 Å². The Morgan fingerprint density at radius 3 is 2.27 bits per heavy atom. The summed E-state index contributed by atoms with van der Waals surface area (Å²) in [6.07, 6.45) is 3.98. The molecule has 3 aromatic carbocycles. The third-order valence-corrected chi connectivity index (χ3v) is 6.36. The van der Waals surface area contributed by atoms with E-state index >= 15 is 0 Å². The van der Waals surface area contributed by atoms with Crippen molar-refractivity contribution >= 4 is 42.4 Å². The molecule has 0 radical (unpaired) electrons. The van der Waals surface area contributed by atoms with Crippen molar-refractivity contribution in [3.8, 4) is 0 Å². The van der Waals surface area contributed by atoms with Crippen molar-refractivity contribution < 1.29 is 13.0 Å². The van der Waals surface area contributed by atoms with E-state index in [9.17, 15) is 8.42 Å². The minimum atomic E-state index is -3.75. The number of hydrazone groups is 1. The average molecular weight is 481 g/mol. The minimum Gasteiger partial charge on any atom is -0.200 e. The van der Waals surface area contributed by atoms with Gasteiger partial charge in [-0.25, -0.2) is 0 Å². The highest BCUT2D eigenvalue weighted by atomic mass is 79.9. The number of pyridine rings is 1. The number of benzene rings is 3. The molecule has 7 heteroatoms. The summed E-state index contributed by atoms with van der Waals surface area (Å²) in [4.78, 5) is 2.55.